The van der Waals surface area contributed by atoms with Crippen LogP contribution in [0.1, 0.15) is 62.6 Å². The number of tetrazole rings is 4. The van der Waals surface area contributed by atoms with Crippen LogP contribution >= 0.6 is 23.5 Å². The molecule has 0 bridgehead atoms. The molecule has 12 rings (SSSR count). The Hall–Kier alpha value is -7.31. The minimum Gasteiger partial charge on any atom is -0.514 e. The molecule has 0 saturated heterocycles. The summed E-state index contributed by atoms with van der Waals surface area (Å²) in [6, 6.07) is 53.4. The molecule has 0 saturated carbocycles. The molecule has 0 aliphatic carbocycles. The fraction of sp³-hybridized carbons (Fsp3) is 0.211. The fourth-order valence-electron chi connectivity index (χ4n) is 9.79. The van der Waals surface area contributed by atoms with Gasteiger partial charge in [-0.25, -0.2) is 19.2 Å². The minimum atomic E-state index is -4.49. The van der Waals surface area contributed by atoms with Crippen LogP contribution in [0.15, 0.2) is 188 Å². The molecular weight excluding hydrogens is 1720 g/mol. The Morgan fingerprint density at radius 1 is 0.462 bits per heavy atom. The summed E-state index contributed by atoms with van der Waals surface area (Å²) in [6.45, 7) is 17.8. The van der Waals surface area contributed by atoms with Crippen molar-refractivity contribution in [2.45, 2.75) is 82.1 Å². The van der Waals surface area contributed by atoms with Crippen LogP contribution in [0, 0.1) is 52.0 Å². The van der Waals surface area contributed by atoms with E-state index >= 15 is 0 Å². The van der Waals surface area contributed by atoms with Crippen LogP contribution in [-0.4, -0.2) is 90.4 Å². The van der Waals surface area contributed by atoms with E-state index < -0.39 is 22.6 Å². The standard InChI is InChI=1S/C19H19N4O2.C18H17N4O2.C17H14F3N4O2S.C17H15F2N4O2S.4Y/c1-13(2)15-9-7-10-17(23-19(24)22(4)20-21-23)16(15)12-25-18-11-6-5-8-14(18)3;1-4-14-9-7-10-16(22-18(23)21(3)19-20-22)15(14)12-24-17-11-6-5-8-13(17)2;1-11-6-3-4-8-14(11)26-10-12-13(24-16(25)23(2)21-22-24)7-5-9-15(12)27-17(18,19)20;1-11-6-3-4-8-14(11)25-10-12-13(23-17(24)22(2)20-21-23)7-5-9-15(12)26-16(18)19;;;;/h6-11H,1,12H2,2-4H3;4,6-11H,1,12H2,2-3H3;4-9H,10H2,1-2H3;4-9,16H,10H2,1-2H3;;;;/q4*-1;;;;. The first-order valence-corrected chi connectivity index (χ1v) is 32.4. The van der Waals surface area contributed by atoms with E-state index in [1.54, 1.807) is 93.8 Å². The first-order chi connectivity index (χ1) is 48.8. The van der Waals surface area contributed by atoms with Gasteiger partial charge in [0.15, 0.2) is 0 Å². The Morgan fingerprint density at radius 2 is 0.764 bits per heavy atom. The molecular formula is C71H65F5N16O8S2Y4-4. The van der Waals surface area contributed by atoms with Crippen molar-refractivity contribution in [3.63, 3.8) is 0 Å². The van der Waals surface area contributed by atoms with Crippen molar-refractivity contribution in [1.82, 2.24) is 79.2 Å². The summed E-state index contributed by atoms with van der Waals surface area (Å²) in [5.41, 5.74) is 4.26. The normalized spacial score (nSPS) is 10.6. The smallest absolute Gasteiger partial charge is 0.446 e. The maximum absolute atomic E-state index is 13.0. The van der Waals surface area contributed by atoms with Crippen LogP contribution in [0.2, 0.25) is 0 Å². The molecule has 4 aromatic heterocycles. The van der Waals surface area contributed by atoms with Gasteiger partial charge in [-0.3, -0.25) is 0 Å². The number of hydrogen-bond donors (Lipinski definition) is 0. The quantitative estimate of drug-likeness (QED) is 0.0368. The third-order valence-electron chi connectivity index (χ3n) is 15.0. The summed E-state index contributed by atoms with van der Waals surface area (Å²) in [7, 11) is 5.99. The number of rotatable bonds is 21. The second kappa shape index (κ2) is 41.9. The number of allylic oxidation sites excluding steroid dienone is 1. The van der Waals surface area contributed by atoms with E-state index in [9.17, 15) is 41.1 Å². The molecule has 0 atom stereocenters. The number of halogens is 5. The minimum absolute atomic E-state index is 0. The van der Waals surface area contributed by atoms with Crippen molar-refractivity contribution < 1.29 is 172 Å². The van der Waals surface area contributed by atoms with Crippen LogP contribution in [0.25, 0.3) is 34.4 Å². The van der Waals surface area contributed by atoms with Crippen molar-refractivity contribution >= 4 is 35.2 Å². The average molecular weight is 1790 g/mol. The zero-order chi connectivity index (χ0) is 73.4. The van der Waals surface area contributed by atoms with Gasteiger partial charge >= 0.3 is 28.3 Å². The van der Waals surface area contributed by atoms with Crippen molar-refractivity contribution in [1.29, 1.82) is 0 Å². The summed E-state index contributed by atoms with van der Waals surface area (Å²) in [5, 5.41) is 30.2. The molecule has 0 aliphatic rings. The number of nitrogens with zero attached hydrogens (tertiary/aromatic N) is 16. The fourth-order valence-corrected chi connectivity index (χ4v) is 11.1. The van der Waals surface area contributed by atoms with Gasteiger partial charge in [0.05, 0.1) is 22.7 Å². The number of aryl methyl sites for hydroxylation is 8. The number of ether oxygens (including phenoxy) is 4. The van der Waals surface area contributed by atoms with Crippen LogP contribution in [0.5, 0.6) is 23.0 Å². The number of hydrogen-bond acceptors (Lipinski definition) is 18. The molecule has 12 aromatic rings. The third-order valence-corrected chi connectivity index (χ3v) is 16.7. The second-order valence-electron chi connectivity index (χ2n) is 22.2. The average Bonchev–Trinajstić information content (AvgIpc) is 1.56. The molecule has 4 radical (unpaired) electrons. The number of thioether (sulfide) groups is 2. The topological polar surface area (TPSA) is 248 Å². The predicted octanol–water partition coefficient (Wildman–Crippen LogP) is 11.2. The second-order valence-corrected chi connectivity index (χ2v) is 24.3. The monoisotopic (exact) mass is 1780 g/mol. The van der Waals surface area contributed by atoms with Gasteiger partial charge in [0.25, 0.3) is 5.76 Å². The Balaban J connectivity index is 0.000000251. The molecule has 106 heavy (non-hydrogen) atoms. The number of benzene rings is 8. The molecule has 0 N–H and O–H groups in total. The predicted molar refractivity (Wildman–Crippen MR) is 372 cm³/mol. The number of aromatic nitrogens is 16. The molecule has 0 fully saturated rings. The molecule has 24 nitrogen and oxygen atoms in total. The van der Waals surface area contributed by atoms with Gasteiger partial charge in [-0.2, -0.15) is 132 Å². The largest absolute Gasteiger partial charge is 0.514 e. The van der Waals surface area contributed by atoms with Gasteiger partial charge in [0, 0.05) is 214 Å². The molecule has 540 valence electrons. The summed E-state index contributed by atoms with van der Waals surface area (Å²) in [6.07, 6.45) is 1.73. The Kier molecular flexibility index (Phi) is 35.3. The van der Waals surface area contributed by atoms with E-state index in [-0.39, 0.29) is 197 Å². The van der Waals surface area contributed by atoms with Crippen LogP contribution in [0.4, 0.5) is 22.0 Å². The molecule has 0 amide bonds. The van der Waals surface area contributed by atoms with Gasteiger partial charge in [-0.05, 0) is 108 Å². The molecule has 4 heterocycles. The van der Waals surface area contributed by atoms with E-state index in [4.69, 9.17) is 18.9 Å². The summed E-state index contributed by atoms with van der Waals surface area (Å²) >= 11 is 0.128. The van der Waals surface area contributed by atoms with Gasteiger partial charge in [0.1, 0.15) is 26.4 Å². The van der Waals surface area contributed by atoms with Crippen LogP contribution < -0.4 is 41.7 Å². The maximum atomic E-state index is 13.0. The van der Waals surface area contributed by atoms with E-state index in [1.807, 2.05) is 88.4 Å². The van der Waals surface area contributed by atoms with Gasteiger partial charge in [-0.1, -0.05) is 101 Å². The zero-order valence-electron chi connectivity index (χ0n) is 58.7. The number of alkyl halides is 5. The van der Waals surface area contributed by atoms with Gasteiger partial charge in [0.2, 0.25) is 0 Å². The Labute approximate surface area is 714 Å². The first kappa shape index (κ1) is 89.3. The van der Waals surface area contributed by atoms with Crippen molar-refractivity contribution in [3.05, 3.63) is 281 Å². The van der Waals surface area contributed by atoms with Gasteiger partial charge < -0.3 is 18.9 Å². The van der Waals surface area contributed by atoms with Crippen LogP contribution in [0.3, 0.4) is 0 Å². The summed E-state index contributed by atoms with van der Waals surface area (Å²) < 4.78 is 97.3. The summed E-state index contributed by atoms with van der Waals surface area (Å²) in [4.78, 5) is 49.0. The van der Waals surface area contributed by atoms with E-state index in [1.165, 1.54) is 51.0 Å². The molecule has 35 heteroatoms. The van der Waals surface area contributed by atoms with Crippen LogP contribution in [-0.2, 0) is 185 Å². The van der Waals surface area contributed by atoms with Crippen molar-refractivity contribution in [2.75, 3.05) is 0 Å². The van der Waals surface area contributed by atoms with E-state index in [0.717, 1.165) is 80.3 Å². The molecule has 8 aromatic carbocycles. The zero-order valence-corrected chi connectivity index (χ0v) is 71.7. The SMILES string of the molecule is C=C(C)c1cccc(-n2nnn(C)c2=O)c1COc1cc[c-]cc1C.C=Cc1cccc(-n2nnn(C)c2=O)c1COc1cc[c-]cc1C.Cc1c[c-]ccc1OCc1c(SC(F)(F)F)cccc1-n1nnn(C)c1=O.Cc1c[c-]ccc1OCc1c(SC(F)F)cccc1-n1nnn(C)c1=O.[Y].[Y].[Y].[Y]. The van der Waals surface area contributed by atoms with E-state index in [0.29, 0.717) is 50.8 Å². The first-order valence-electron chi connectivity index (χ1n) is 30.7. The van der Waals surface area contributed by atoms with Crippen molar-refractivity contribution in [2.24, 2.45) is 28.2 Å². The van der Waals surface area contributed by atoms with E-state index in [2.05, 4.69) is 79.1 Å². The van der Waals surface area contributed by atoms with Crippen molar-refractivity contribution in [3.8, 4) is 45.7 Å². The van der Waals surface area contributed by atoms with Gasteiger partial charge in [-0.15, -0.1) is 46.5 Å². The third kappa shape index (κ3) is 23.1. The Bertz CT molecular complexity index is 5220. The summed E-state index contributed by atoms with van der Waals surface area (Å²) in [5.74, 6) is 0.0597. The maximum Gasteiger partial charge on any atom is 0.446 e. The molecule has 0 aliphatic heterocycles. The molecule has 0 unspecified atom stereocenters. The Morgan fingerprint density at radius 3 is 1.08 bits per heavy atom. The molecule has 0 spiro atoms.